The predicted octanol–water partition coefficient (Wildman–Crippen LogP) is 2.68. The molecule has 1 atom stereocenters. The summed E-state index contributed by atoms with van der Waals surface area (Å²) in [5.74, 6) is -0.0544. The van der Waals surface area contributed by atoms with Gasteiger partial charge in [-0.25, -0.2) is 8.42 Å². The van der Waals surface area contributed by atoms with Crippen LogP contribution in [0.1, 0.15) is 51.5 Å². The molecule has 1 aromatic carbocycles. The molecule has 1 amide bonds. The number of nitrogens with one attached hydrogen (secondary N) is 2. The van der Waals surface area contributed by atoms with Gasteiger partial charge in [0, 0.05) is 13.1 Å². The number of hydrogen-bond acceptors (Lipinski definition) is 4. The number of aryl methyl sites for hydroxylation is 1. The van der Waals surface area contributed by atoms with Gasteiger partial charge in [-0.1, -0.05) is 44.4 Å². The third-order valence-corrected chi connectivity index (χ3v) is 6.57. The zero-order chi connectivity index (χ0) is 20.6. The van der Waals surface area contributed by atoms with Gasteiger partial charge in [-0.2, -0.15) is 4.72 Å². The predicted molar refractivity (Wildman–Crippen MR) is 113 cm³/mol. The lowest BCUT2D eigenvalue weighted by molar-refractivity contribution is -0.123. The number of rotatable bonds is 9. The number of carbonyl (C=O) groups is 1. The lowest BCUT2D eigenvalue weighted by Gasteiger charge is -2.23. The second-order valence-corrected chi connectivity index (χ2v) is 9.88. The summed E-state index contributed by atoms with van der Waals surface area (Å²) in [6.07, 6.45) is 5.43. The standard InChI is InChI=1S/C21H35N3O3S/c1-17(2)16-20(23-28(26,27)19-10-8-18(3)9-11-19)21(25)22-12-15-24-13-6-4-5-7-14-24/h8-11,17,20,23H,4-7,12-16H2,1-3H3,(H,22,25). The molecule has 1 heterocycles. The van der Waals surface area contributed by atoms with Crippen molar-refractivity contribution in [2.24, 2.45) is 5.92 Å². The summed E-state index contributed by atoms with van der Waals surface area (Å²) in [4.78, 5) is 15.3. The fraction of sp³-hybridized carbons (Fsp3) is 0.667. The fourth-order valence-electron chi connectivity index (χ4n) is 3.47. The summed E-state index contributed by atoms with van der Waals surface area (Å²) in [6, 6.07) is 5.89. The van der Waals surface area contributed by atoms with Gasteiger partial charge >= 0.3 is 0 Å². The van der Waals surface area contributed by atoms with Crippen molar-refractivity contribution in [2.45, 2.75) is 63.8 Å². The number of carbonyl (C=O) groups excluding carboxylic acids is 1. The maximum atomic E-state index is 12.7. The molecule has 1 fully saturated rings. The van der Waals surface area contributed by atoms with E-state index in [0.717, 1.165) is 25.2 Å². The Kier molecular flexibility index (Phi) is 8.92. The first kappa shape index (κ1) is 22.8. The van der Waals surface area contributed by atoms with Crippen LogP contribution in [0.25, 0.3) is 0 Å². The Morgan fingerprint density at radius 1 is 1.07 bits per heavy atom. The molecular weight excluding hydrogens is 374 g/mol. The van der Waals surface area contributed by atoms with E-state index in [1.165, 1.54) is 25.7 Å². The van der Waals surface area contributed by atoms with Crippen molar-refractivity contribution >= 4 is 15.9 Å². The average molecular weight is 410 g/mol. The first-order valence-corrected chi connectivity index (χ1v) is 11.9. The van der Waals surface area contributed by atoms with Crippen molar-refractivity contribution in [2.75, 3.05) is 26.2 Å². The molecule has 1 unspecified atom stereocenters. The summed E-state index contributed by atoms with van der Waals surface area (Å²) in [5, 5.41) is 2.93. The van der Waals surface area contributed by atoms with E-state index < -0.39 is 16.1 Å². The summed E-state index contributed by atoms with van der Waals surface area (Å²) < 4.78 is 28.0. The van der Waals surface area contributed by atoms with Crippen LogP contribution in [0.15, 0.2) is 29.2 Å². The molecule has 0 aromatic heterocycles. The van der Waals surface area contributed by atoms with Gasteiger partial charge in [0.25, 0.3) is 0 Å². The summed E-state index contributed by atoms with van der Waals surface area (Å²) in [5.41, 5.74) is 0.990. The van der Waals surface area contributed by atoms with Crippen molar-refractivity contribution < 1.29 is 13.2 Å². The molecule has 0 saturated carbocycles. The normalized spacial score (nSPS) is 17.3. The van der Waals surface area contributed by atoms with Crippen LogP contribution in [0.4, 0.5) is 0 Å². The van der Waals surface area contributed by atoms with Crippen LogP contribution in [0, 0.1) is 12.8 Å². The Labute approximate surface area is 170 Å². The molecule has 2 rings (SSSR count). The van der Waals surface area contributed by atoms with Crippen molar-refractivity contribution in [3.63, 3.8) is 0 Å². The molecule has 0 radical (unpaired) electrons. The second kappa shape index (κ2) is 10.9. The molecule has 1 aromatic rings. The van der Waals surface area contributed by atoms with Gasteiger partial charge in [-0.05, 0) is 57.3 Å². The largest absolute Gasteiger partial charge is 0.353 e. The van der Waals surface area contributed by atoms with Crippen LogP contribution in [-0.4, -0.2) is 51.4 Å². The van der Waals surface area contributed by atoms with Crippen molar-refractivity contribution in [1.82, 2.24) is 14.9 Å². The van der Waals surface area contributed by atoms with Gasteiger partial charge in [0.2, 0.25) is 15.9 Å². The lowest BCUT2D eigenvalue weighted by Crippen LogP contribution is -2.48. The summed E-state index contributed by atoms with van der Waals surface area (Å²) >= 11 is 0. The Balaban J connectivity index is 1.95. The van der Waals surface area contributed by atoms with E-state index in [0.29, 0.717) is 13.0 Å². The molecule has 6 nitrogen and oxygen atoms in total. The topological polar surface area (TPSA) is 78.5 Å². The summed E-state index contributed by atoms with van der Waals surface area (Å²) in [6.45, 7) is 9.37. The fourth-order valence-corrected chi connectivity index (χ4v) is 4.68. The number of likely N-dealkylation sites (tertiary alicyclic amines) is 1. The minimum Gasteiger partial charge on any atom is -0.353 e. The van der Waals surface area contributed by atoms with E-state index >= 15 is 0 Å². The lowest BCUT2D eigenvalue weighted by atomic mass is 10.0. The molecule has 1 saturated heterocycles. The minimum atomic E-state index is -3.74. The summed E-state index contributed by atoms with van der Waals surface area (Å²) in [7, 11) is -3.74. The SMILES string of the molecule is Cc1ccc(S(=O)(=O)NC(CC(C)C)C(=O)NCCN2CCCCCC2)cc1. The zero-order valence-corrected chi connectivity index (χ0v) is 18.2. The van der Waals surface area contributed by atoms with Gasteiger partial charge in [0.05, 0.1) is 4.90 Å². The molecule has 28 heavy (non-hydrogen) atoms. The highest BCUT2D eigenvalue weighted by molar-refractivity contribution is 7.89. The van der Waals surface area contributed by atoms with E-state index in [2.05, 4.69) is 14.9 Å². The molecular formula is C21H35N3O3S. The van der Waals surface area contributed by atoms with Crippen LogP contribution in [0.3, 0.4) is 0 Å². The van der Waals surface area contributed by atoms with Crippen LogP contribution < -0.4 is 10.0 Å². The first-order valence-electron chi connectivity index (χ1n) is 10.4. The zero-order valence-electron chi connectivity index (χ0n) is 17.4. The molecule has 0 aliphatic carbocycles. The number of amides is 1. The van der Waals surface area contributed by atoms with Crippen LogP contribution in [0.2, 0.25) is 0 Å². The number of sulfonamides is 1. The number of hydrogen-bond donors (Lipinski definition) is 2. The highest BCUT2D eigenvalue weighted by atomic mass is 32.2. The van der Waals surface area contributed by atoms with Gasteiger partial charge in [-0.15, -0.1) is 0 Å². The van der Waals surface area contributed by atoms with E-state index in [-0.39, 0.29) is 16.7 Å². The molecule has 7 heteroatoms. The van der Waals surface area contributed by atoms with Gasteiger partial charge in [-0.3, -0.25) is 4.79 Å². The van der Waals surface area contributed by atoms with Gasteiger partial charge in [0.15, 0.2) is 0 Å². The molecule has 158 valence electrons. The molecule has 1 aliphatic heterocycles. The first-order chi connectivity index (χ1) is 13.3. The van der Waals surface area contributed by atoms with Gasteiger partial charge in [0.1, 0.15) is 6.04 Å². The van der Waals surface area contributed by atoms with E-state index in [9.17, 15) is 13.2 Å². The highest BCUT2D eigenvalue weighted by Gasteiger charge is 2.26. The molecule has 0 spiro atoms. The van der Waals surface area contributed by atoms with E-state index in [1.807, 2.05) is 20.8 Å². The third kappa shape index (κ3) is 7.53. The smallest absolute Gasteiger partial charge is 0.241 e. The monoisotopic (exact) mass is 409 g/mol. The maximum Gasteiger partial charge on any atom is 0.241 e. The van der Waals surface area contributed by atoms with Crippen molar-refractivity contribution in [3.8, 4) is 0 Å². The Morgan fingerprint density at radius 3 is 2.25 bits per heavy atom. The van der Waals surface area contributed by atoms with Crippen LogP contribution in [-0.2, 0) is 14.8 Å². The quantitative estimate of drug-likeness (QED) is 0.657. The van der Waals surface area contributed by atoms with Crippen molar-refractivity contribution in [1.29, 1.82) is 0 Å². The van der Waals surface area contributed by atoms with Crippen LogP contribution in [0.5, 0.6) is 0 Å². The Morgan fingerprint density at radius 2 is 1.68 bits per heavy atom. The van der Waals surface area contributed by atoms with Crippen molar-refractivity contribution in [3.05, 3.63) is 29.8 Å². The third-order valence-electron chi connectivity index (χ3n) is 5.08. The van der Waals surface area contributed by atoms with E-state index in [4.69, 9.17) is 0 Å². The van der Waals surface area contributed by atoms with Crippen LogP contribution >= 0.6 is 0 Å². The Hall–Kier alpha value is -1.44. The maximum absolute atomic E-state index is 12.7. The average Bonchev–Trinajstić information content (AvgIpc) is 2.89. The molecule has 2 N–H and O–H groups in total. The minimum absolute atomic E-state index is 0.184. The van der Waals surface area contributed by atoms with E-state index in [1.54, 1.807) is 24.3 Å². The Bertz CT molecular complexity index is 709. The molecule has 0 bridgehead atoms. The van der Waals surface area contributed by atoms with Gasteiger partial charge < -0.3 is 10.2 Å². The molecule has 1 aliphatic rings. The second-order valence-electron chi connectivity index (χ2n) is 8.16. The highest BCUT2D eigenvalue weighted by Crippen LogP contribution is 2.13. The number of nitrogens with zero attached hydrogens (tertiary/aromatic N) is 1. The number of benzene rings is 1.